The molecule has 0 radical (unpaired) electrons. The lowest BCUT2D eigenvalue weighted by Crippen LogP contribution is -2.50. The maximum atomic E-state index is 15.3. The average molecular weight is 492 g/mol. The highest BCUT2D eigenvalue weighted by Crippen LogP contribution is 2.42. The number of hydrogen-bond donors (Lipinski definition) is 2. The van der Waals surface area contributed by atoms with Crippen molar-refractivity contribution in [2.75, 3.05) is 26.2 Å². The molecule has 0 amide bonds. The summed E-state index contributed by atoms with van der Waals surface area (Å²) in [5, 5.41) is 3.61. The number of benzene rings is 2. The Morgan fingerprint density at radius 1 is 1.09 bits per heavy atom. The molecule has 2 aromatic carbocycles. The Morgan fingerprint density at radius 3 is 2.37 bits per heavy atom. The van der Waals surface area contributed by atoms with Gasteiger partial charge in [0.05, 0.1) is 12.6 Å². The van der Waals surface area contributed by atoms with Crippen molar-refractivity contribution in [2.24, 2.45) is 0 Å². The number of H-pyrrole nitrogens is 1. The molecule has 35 heavy (non-hydrogen) atoms. The van der Waals surface area contributed by atoms with Crippen molar-refractivity contribution in [3.8, 4) is 18.6 Å². The molecule has 0 bridgehead atoms. The third-order valence-corrected chi connectivity index (χ3v) is 6.51. The van der Waals surface area contributed by atoms with Gasteiger partial charge in [0.25, 0.3) is 5.92 Å². The first-order valence-corrected chi connectivity index (χ1v) is 11.4. The van der Waals surface area contributed by atoms with Crippen LogP contribution in [0.4, 0.5) is 22.0 Å². The molecule has 4 nitrogen and oxygen atoms in total. The Bertz CT molecular complexity index is 1210. The number of terminal acetylenes is 1. The first-order chi connectivity index (χ1) is 16.8. The summed E-state index contributed by atoms with van der Waals surface area (Å²) in [6.07, 6.45) is 7.79. The number of rotatable bonds is 6. The Balaban J connectivity index is 0.00000141. The van der Waals surface area contributed by atoms with Gasteiger partial charge in [-0.1, -0.05) is 6.92 Å². The molecule has 1 fully saturated rings. The van der Waals surface area contributed by atoms with Crippen LogP contribution in [-0.2, 0) is 6.42 Å². The fourth-order valence-corrected chi connectivity index (χ4v) is 4.65. The molecule has 186 valence electrons. The van der Waals surface area contributed by atoms with E-state index < -0.39 is 42.4 Å². The largest absolute Gasteiger partial charge is 0.488 e. The molecule has 2 aliphatic heterocycles. The molecule has 9 heteroatoms. The maximum absolute atomic E-state index is 15.3. The number of aromatic nitrogens is 1. The summed E-state index contributed by atoms with van der Waals surface area (Å²) in [6.45, 7) is 2.05. The third kappa shape index (κ3) is 4.86. The van der Waals surface area contributed by atoms with Crippen molar-refractivity contribution in [1.82, 2.24) is 15.2 Å². The van der Waals surface area contributed by atoms with Gasteiger partial charge in [-0.25, -0.2) is 22.0 Å². The van der Waals surface area contributed by atoms with Gasteiger partial charge in [0.2, 0.25) is 0 Å². The molecule has 0 unspecified atom stereocenters. The molecule has 3 aromatic rings. The van der Waals surface area contributed by atoms with E-state index in [1.165, 1.54) is 24.0 Å². The van der Waals surface area contributed by atoms with E-state index in [1.807, 2.05) is 0 Å². The van der Waals surface area contributed by atoms with Crippen LogP contribution in [0.1, 0.15) is 36.2 Å². The van der Waals surface area contributed by atoms with Crippen LogP contribution in [0.2, 0.25) is 0 Å². The normalized spacial score (nSPS) is 18.5. The molecule has 0 spiro atoms. The van der Waals surface area contributed by atoms with Crippen LogP contribution in [0.3, 0.4) is 0 Å². The second kappa shape index (κ2) is 9.88. The number of fused-ring (bicyclic) bond motifs is 3. The second-order valence-electron chi connectivity index (χ2n) is 8.74. The third-order valence-electron chi connectivity index (χ3n) is 6.51. The van der Waals surface area contributed by atoms with E-state index in [0.717, 1.165) is 12.1 Å². The van der Waals surface area contributed by atoms with Gasteiger partial charge in [-0.2, -0.15) is 0 Å². The first-order valence-electron chi connectivity index (χ1n) is 11.4. The molecule has 2 N–H and O–H groups in total. The van der Waals surface area contributed by atoms with Crippen LogP contribution >= 0.6 is 0 Å². The summed E-state index contributed by atoms with van der Waals surface area (Å²) in [7, 11) is 0. The predicted molar refractivity (Wildman–Crippen MR) is 124 cm³/mol. The van der Waals surface area contributed by atoms with Gasteiger partial charge >= 0.3 is 0 Å². The second-order valence-corrected chi connectivity index (χ2v) is 8.74. The number of ether oxygens (including phenoxy) is 1. The van der Waals surface area contributed by atoms with Crippen molar-refractivity contribution < 1.29 is 26.7 Å². The summed E-state index contributed by atoms with van der Waals surface area (Å²) in [6, 6.07) is 5.27. The molecule has 2 aliphatic rings. The Morgan fingerprint density at radius 2 is 1.77 bits per heavy atom. The monoisotopic (exact) mass is 491 g/mol. The van der Waals surface area contributed by atoms with Gasteiger partial charge in [-0.3, -0.25) is 4.90 Å². The van der Waals surface area contributed by atoms with Crippen molar-refractivity contribution in [3.05, 3.63) is 64.6 Å². The Labute approximate surface area is 200 Å². The average Bonchev–Trinajstić information content (AvgIpc) is 3.16. The number of alkyl halides is 2. The molecule has 1 aromatic heterocycles. The highest BCUT2D eigenvalue weighted by Gasteiger charge is 2.40. The van der Waals surface area contributed by atoms with Crippen molar-refractivity contribution in [2.45, 2.75) is 37.8 Å². The summed E-state index contributed by atoms with van der Waals surface area (Å²) >= 11 is 0. The lowest BCUT2D eigenvalue weighted by molar-refractivity contribution is -0.0442. The van der Waals surface area contributed by atoms with Gasteiger partial charge in [-0.05, 0) is 30.2 Å². The van der Waals surface area contributed by atoms with Crippen molar-refractivity contribution in [3.63, 3.8) is 0 Å². The molecule has 3 heterocycles. The number of nitrogens with one attached hydrogen (secondary N) is 2. The summed E-state index contributed by atoms with van der Waals surface area (Å²) in [5.41, 5.74) is 1.36. The van der Waals surface area contributed by atoms with Crippen LogP contribution in [-0.4, -0.2) is 48.1 Å². The zero-order valence-electron chi connectivity index (χ0n) is 19.2. The number of hydrogen-bond acceptors (Lipinski definition) is 3. The number of aromatic amines is 1. The minimum atomic E-state index is -3.03. The molecular formula is C26H26F5N3O. The van der Waals surface area contributed by atoms with E-state index in [9.17, 15) is 13.2 Å². The van der Waals surface area contributed by atoms with Gasteiger partial charge in [0.1, 0.15) is 29.3 Å². The van der Waals surface area contributed by atoms with E-state index >= 15 is 8.78 Å². The Hall–Kier alpha value is -3.09. The van der Waals surface area contributed by atoms with Crippen LogP contribution in [0.5, 0.6) is 5.75 Å². The summed E-state index contributed by atoms with van der Waals surface area (Å²) in [4.78, 5) is 4.52. The van der Waals surface area contributed by atoms with Crippen LogP contribution in [0.25, 0.3) is 10.9 Å². The van der Waals surface area contributed by atoms with E-state index in [1.54, 1.807) is 6.07 Å². The van der Waals surface area contributed by atoms with Crippen molar-refractivity contribution >= 4 is 10.9 Å². The molecule has 1 saturated heterocycles. The highest BCUT2D eigenvalue weighted by atomic mass is 19.3. The summed E-state index contributed by atoms with van der Waals surface area (Å²) in [5.74, 6) is -5.15. The Kier molecular flexibility index (Phi) is 7.06. The van der Waals surface area contributed by atoms with Gasteiger partial charge < -0.3 is 15.0 Å². The first kappa shape index (κ1) is 25.0. The topological polar surface area (TPSA) is 40.3 Å². The zero-order valence-corrected chi connectivity index (χ0v) is 19.2. The highest BCUT2D eigenvalue weighted by molar-refractivity contribution is 5.85. The fraction of sp³-hybridized carbons (Fsp3) is 0.385. The van der Waals surface area contributed by atoms with Crippen LogP contribution in [0.15, 0.2) is 30.3 Å². The fourth-order valence-electron chi connectivity index (χ4n) is 4.65. The minimum absolute atomic E-state index is 0.0560. The van der Waals surface area contributed by atoms with Gasteiger partial charge in [-0.15, -0.1) is 12.8 Å². The smallest absolute Gasteiger partial charge is 0.260 e. The number of nitrogens with zero attached hydrogens (tertiary/aromatic N) is 1. The summed E-state index contributed by atoms with van der Waals surface area (Å²) < 4.78 is 79.0. The predicted octanol–water partition coefficient (Wildman–Crippen LogP) is 5.18. The van der Waals surface area contributed by atoms with Gasteiger partial charge in [0.15, 0.2) is 0 Å². The lowest BCUT2D eigenvalue weighted by atomic mass is 9.91. The van der Waals surface area contributed by atoms with E-state index in [2.05, 4.69) is 23.1 Å². The molecule has 5 rings (SSSR count). The standard InChI is InChI=1S/C24H24F5N3O.C2H2/c1-2-24(28,29)12-32-6-5-16-17-7-13(25)3-4-20(17)31-22(16)23(32)21-18(26)8-14(9-19(21)27)33-15-10-30-11-15;1-2/h3-4,7-9,15,23,30-31H,2,5-6,10-12H2,1H3;1-2H/t23-;/m0./s1. The van der Waals surface area contributed by atoms with E-state index in [0.29, 0.717) is 41.7 Å². The molecule has 0 saturated carbocycles. The maximum Gasteiger partial charge on any atom is 0.260 e. The molecule has 1 atom stereocenters. The lowest BCUT2D eigenvalue weighted by Gasteiger charge is -2.38. The quantitative estimate of drug-likeness (QED) is 0.369. The van der Waals surface area contributed by atoms with E-state index in [4.69, 9.17) is 4.74 Å². The van der Waals surface area contributed by atoms with Crippen LogP contribution < -0.4 is 10.1 Å². The van der Waals surface area contributed by atoms with Gasteiger partial charge in [0, 0.05) is 60.3 Å². The van der Waals surface area contributed by atoms with Crippen molar-refractivity contribution in [1.29, 1.82) is 0 Å². The molecular weight excluding hydrogens is 465 g/mol. The zero-order chi connectivity index (χ0) is 25.3. The molecule has 0 aliphatic carbocycles. The number of halogens is 5. The SMILES string of the molecule is C#C.CCC(F)(F)CN1CCc2c([nH]c3ccc(F)cc23)[C@@H]1c1c(F)cc(OC2CNC2)cc1F. The van der Waals surface area contributed by atoms with Crippen LogP contribution in [0, 0.1) is 30.3 Å². The minimum Gasteiger partial charge on any atom is -0.488 e. The van der Waals surface area contributed by atoms with E-state index in [-0.39, 0.29) is 24.0 Å².